The highest BCUT2D eigenvalue weighted by atomic mass is 35.5. The summed E-state index contributed by atoms with van der Waals surface area (Å²) in [5.41, 5.74) is 1.18. The van der Waals surface area contributed by atoms with Gasteiger partial charge in [-0.05, 0) is 20.3 Å². The third-order valence-electron chi connectivity index (χ3n) is 2.76. The normalized spacial score (nSPS) is 29.6. The molecular weight excluding hydrogens is 209 g/mol. The molecule has 1 saturated heterocycles. The minimum atomic E-state index is -0.271. The molecule has 0 saturated carbocycles. The molecule has 0 aromatic heterocycles. The Morgan fingerprint density at radius 2 is 2.31 bits per heavy atom. The minimum Gasteiger partial charge on any atom is -0.391 e. The fourth-order valence-electron chi connectivity index (χ4n) is 1.63. The fraction of sp³-hybridized carbons (Fsp3) is 0.778. The molecule has 1 N–H and O–H groups in total. The van der Waals surface area contributed by atoms with Crippen molar-refractivity contribution in [2.45, 2.75) is 31.9 Å². The summed E-state index contributed by atoms with van der Waals surface area (Å²) < 4.78 is 0. The highest BCUT2D eigenvalue weighted by molar-refractivity contribution is 6.36. The van der Waals surface area contributed by atoms with Crippen molar-refractivity contribution in [3.05, 3.63) is 10.6 Å². The first kappa shape index (κ1) is 11.3. The minimum absolute atomic E-state index is 0.194. The lowest BCUT2D eigenvalue weighted by Gasteiger charge is -2.33. The number of nitrogens with zero attached hydrogens (tertiary/aromatic N) is 1. The van der Waals surface area contributed by atoms with Gasteiger partial charge < -0.3 is 5.11 Å². The Morgan fingerprint density at radius 3 is 2.69 bits per heavy atom. The molecule has 1 atom stereocenters. The van der Waals surface area contributed by atoms with Crippen LogP contribution in [0.5, 0.6) is 0 Å². The van der Waals surface area contributed by atoms with Crippen LogP contribution < -0.4 is 0 Å². The molecule has 0 aromatic rings. The smallest absolute Gasteiger partial charge is 0.0730 e. The van der Waals surface area contributed by atoms with Crippen LogP contribution in [0.25, 0.3) is 0 Å². The van der Waals surface area contributed by atoms with Crippen molar-refractivity contribution >= 4 is 23.2 Å². The van der Waals surface area contributed by atoms with Crippen LogP contribution in [0, 0.1) is 0 Å². The number of halogens is 2. The topological polar surface area (TPSA) is 23.5 Å². The second-order valence-electron chi connectivity index (χ2n) is 3.94. The largest absolute Gasteiger partial charge is 0.391 e. The van der Waals surface area contributed by atoms with Gasteiger partial charge in [0, 0.05) is 29.2 Å². The molecule has 1 rings (SSSR count). The maximum absolute atomic E-state index is 9.68. The maximum atomic E-state index is 9.68. The van der Waals surface area contributed by atoms with Crippen molar-refractivity contribution in [2.75, 3.05) is 13.1 Å². The van der Waals surface area contributed by atoms with Gasteiger partial charge in [-0.15, -0.1) is 0 Å². The summed E-state index contributed by atoms with van der Waals surface area (Å²) in [7, 11) is 0. The van der Waals surface area contributed by atoms with Crippen LogP contribution in [-0.2, 0) is 0 Å². The first-order chi connectivity index (χ1) is 5.98. The number of aliphatic hydroxyl groups excluding tert-OH is 1. The van der Waals surface area contributed by atoms with E-state index in [0.29, 0.717) is 11.6 Å². The van der Waals surface area contributed by atoms with Crippen LogP contribution in [0.2, 0.25) is 0 Å². The van der Waals surface area contributed by atoms with Gasteiger partial charge in [0.05, 0.1) is 6.10 Å². The SMILES string of the molecule is CC1(C)C(O)CCN1C/C(Cl)=C/Cl. The second-order valence-corrected chi connectivity index (χ2v) is 4.64. The van der Waals surface area contributed by atoms with E-state index in [-0.39, 0.29) is 11.6 Å². The standard InChI is InChI=1S/C9H15Cl2NO/c1-9(2)8(13)3-4-12(9)6-7(11)5-10/h5,8,13H,3-4,6H2,1-2H3/b7-5-. The zero-order valence-electron chi connectivity index (χ0n) is 7.93. The Labute approximate surface area is 89.1 Å². The number of hydrogen-bond donors (Lipinski definition) is 1. The van der Waals surface area contributed by atoms with Crippen LogP contribution >= 0.6 is 23.2 Å². The molecule has 1 fully saturated rings. The molecule has 0 radical (unpaired) electrons. The van der Waals surface area contributed by atoms with Gasteiger partial charge in [-0.1, -0.05) is 23.2 Å². The molecule has 1 heterocycles. The molecule has 0 aromatic carbocycles. The Hall–Kier alpha value is 0.240. The van der Waals surface area contributed by atoms with E-state index >= 15 is 0 Å². The zero-order valence-corrected chi connectivity index (χ0v) is 9.44. The fourth-order valence-corrected chi connectivity index (χ4v) is 1.84. The van der Waals surface area contributed by atoms with Crippen LogP contribution in [0.4, 0.5) is 0 Å². The molecule has 2 nitrogen and oxygen atoms in total. The quantitative estimate of drug-likeness (QED) is 0.776. The van der Waals surface area contributed by atoms with E-state index in [4.69, 9.17) is 23.2 Å². The second kappa shape index (κ2) is 4.18. The average Bonchev–Trinajstić information content (AvgIpc) is 2.31. The number of aliphatic hydroxyl groups is 1. The van der Waals surface area contributed by atoms with Crippen molar-refractivity contribution in [2.24, 2.45) is 0 Å². The lowest BCUT2D eigenvalue weighted by molar-refractivity contribution is 0.0604. The summed E-state index contributed by atoms with van der Waals surface area (Å²) in [6.07, 6.45) is 0.534. The molecular formula is C9H15Cl2NO. The van der Waals surface area contributed by atoms with Crippen molar-refractivity contribution in [1.82, 2.24) is 4.90 Å². The van der Waals surface area contributed by atoms with E-state index < -0.39 is 0 Å². The Balaban J connectivity index is 2.62. The molecule has 1 unspecified atom stereocenters. The van der Waals surface area contributed by atoms with Gasteiger partial charge in [-0.25, -0.2) is 0 Å². The van der Waals surface area contributed by atoms with Crippen LogP contribution in [-0.4, -0.2) is 34.7 Å². The highest BCUT2D eigenvalue weighted by Gasteiger charge is 2.39. The van der Waals surface area contributed by atoms with Crippen molar-refractivity contribution in [1.29, 1.82) is 0 Å². The molecule has 0 aliphatic carbocycles. The number of likely N-dealkylation sites (tertiary alicyclic amines) is 1. The monoisotopic (exact) mass is 223 g/mol. The lowest BCUT2D eigenvalue weighted by atomic mass is 9.99. The summed E-state index contributed by atoms with van der Waals surface area (Å²) in [6.45, 7) is 5.52. The highest BCUT2D eigenvalue weighted by Crippen LogP contribution is 2.29. The van der Waals surface area contributed by atoms with Crippen molar-refractivity contribution in [3.63, 3.8) is 0 Å². The number of hydrogen-bond acceptors (Lipinski definition) is 2. The molecule has 4 heteroatoms. The van der Waals surface area contributed by atoms with Crippen LogP contribution in [0.15, 0.2) is 10.6 Å². The van der Waals surface area contributed by atoms with Gasteiger partial charge in [0.25, 0.3) is 0 Å². The van der Waals surface area contributed by atoms with E-state index in [1.165, 1.54) is 5.54 Å². The van der Waals surface area contributed by atoms with Crippen LogP contribution in [0.3, 0.4) is 0 Å². The van der Waals surface area contributed by atoms with Gasteiger partial charge in [0.1, 0.15) is 0 Å². The lowest BCUT2D eigenvalue weighted by Crippen LogP contribution is -2.45. The zero-order chi connectivity index (χ0) is 10.1. The molecule has 0 spiro atoms. The maximum Gasteiger partial charge on any atom is 0.0730 e. The van der Waals surface area contributed by atoms with Gasteiger partial charge in [0.2, 0.25) is 0 Å². The predicted molar refractivity (Wildman–Crippen MR) is 56.1 cm³/mol. The first-order valence-corrected chi connectivity index (χ1v) is 5.18. The summed E-state index contributed by atoms with van der Waals surface area (Å²) in [6, 6.07) is 0. The Bertz CT molecular complexity index is 216. The summed E-state index contributed by atoms with van der Waals surface area (Å²) in [5.74, 6) is 0. The van der Waals surface area contributed by atoms with Gasteiger partial charge in [-0.2, -0.15) is 0 Å². The van der Waals surface area contributed by atoms with Crippen molar-refractivity contribution < 1.29 is 5.11 Å². The van der Waals surface area contributed by atoms with Crippen LogP contribution in [0.1, 0.15) is 20.3 Å². The van der Waals surface area contributed by atoms with Gasteiger partial charge in [-0.3, -0.25) is 4.90 Å². The third kappa shape index (κ3) is 2.38. The van der Waals surface area contributed by atoms with E-state index in [9.17, 15) is 5.11 Å². The van der Waals surface area contributed by atoms with E-state index in [2.05, 4.69) is 4.90 Å². The average molecular weight is 224 g/mol. The molecule has 1 aliphatic rings. The van der Waals surface area contributed by atoms with E-state index in [1.54, 1.807) is 0 Å². The molecule has 0 amide bonds. The Kier molecular flexibility index (Phi) is 3.64. The van der Waals surface area contributed by atoms with Crippen molar-refractivity contribution in [3.8, 4) is 0 Å². The number of rotatable bonds is 2. The summed E-state index contributed by atoms with van der Waals surface area (Å²) in [4.78, 5) is 2.14. The molecule has 76 valence electrons. The molecule has 13 heavy (non-hydrogen) atoms. The van der Waals surface area contributed by atoms with Gasteiger partial charge in [0.15, 0.2) is 0 Å². The molecule has 1 aliphatic heterocycles. The first-order valence-electron chi connectivity index (χ1n) is 4.36. The third-order valence-corrected chi connectivity index (χ3v) is 3.37. The predicted octanol–water partition coefficient (Wildman–Crippen LogP) is 2.15. The van der Waals surface area contributed by atoms with Gasteiger partial charge >= 0.3 is 0 Å². The van der Waals surface area contributed by atoms with E-state index in [1.807, 2.05) is 13.8 Å². The Morgan fingerprint density at radius 1 is 1.69 bits per heavy atom. The van der Waals surface area contributed by atoms with E-state index in [0.717, 1.165) is 13.0 Å². The summed E-state index contributed by atoms with van der Waals surface area (Å²) in [5, 5.41) is 10.3. The molecule has 0 bridgehead atoms. The summed E-state index contributed by atoms with van der Waals surface area (Å²) >= 11 is 11.3.